The van der Waals surface area contributed by atoms with Crippen LogP contribution in [0.2, 0.25) is 5.02 Å². The zero-order valence-electron chi connectivity index (χ0n) is 12.7. The lowest BCUT2D eigenvalue weighted by Crippen LogP contribution is -2.42. The van der Waals surface area contributed by atoms with Gasteiger partial charge in [0.25, 0.3) is 5.69 Å². The molecule has 2 rings (SSSR count). The normalized spacial score (nSPS) is 22.3. The molecule has 2 atom stereocenters. The molecular weight excluding hydrogens is 306 g/mol. The smallest absolute Gasteiger partial charge is 0.271 e. The Bertz CT molecular complexity index is 569. The first-order chi connectivity index (χ1) is 10.3. The molecule has 6 nitrogen and oxygen atoms in total. The fourth-order valence-electron chi connectivity index (χ4n) is 3.04. The summed E-state index contributed by atoms with van der Waals surface area (Å²) in [6.07, 6.45) is 1.18. The molecule has 1 aromatic carbocycles. The summed E-state index contributed by atoms with van der Waals surface area (Å²) < 4.78 is 0. The van der Waals surface area contributed by atoms with Crippen LogP contribution in [0.15, 0.2) is 18.2 Å². The lowest BCUT2D eigenvalue weighted by Gasteiger charge is -2.34. The summed E-state index contributed by atoms with van der Waals surface area (Å²) >= 11 is 5.98. The van der Waals surface area contributed by atoms with Gasteiger partial charge in [-0.05, 0) is 24.3 Å². The van der Waals surface area contributed by atoms with E-state index >= 15 is 0 Å². The first-order valence-electron chi connectivity index (χ1n) is 7.31. The van der Waals surface area contributed by atoms with Crippen LogP contribution < -0.4 is 5.32 Å². The number of halogens is 1. The fourth-order valence-corrected chi connectivity index (χ4v) is 3.20. The van der Waals surface area contributed by atoms with E-state index in [4.69, 9.17) is 11.6 Å². The summed E-state index contributed by atoms with van der Waals surface area (Å²) in [5, 5.41) is 13.7. The number of hydrogen-bond acceptors (Lipinski definition) is 4. The Labute approximate surface area is 134 Å². The minimum Gasteiger partial charge on any atom is -0.323 e. The number of carbonyl (C=O) groups is 1. The first kappa shape index (κ1) is 16.7. The molecule has 1 fully saturated rings. The largest absolute Gasteiger partial charge is 0.323 e. The van der Waals surface area contributed by atoms with Crippen molar-refractivity contribution >= 4 is 28.9 Å². The molecule has 1 heterocycles. The SMILES string of the molecule is CC1CC(C)CN(CC(=O)Nc2cc([N+](=O)[O-])ccc2Cl)C1. The third-order valence-corrected chi connectivity index (χ3v) is 4.08. The number of nitrogens with one attached hydrogen (secondary N) is 1. The topological polar surface area (TPSA) is 75.5 Å². The van der Waals surface area contributed by atoms with Gasteiger partial charge in [0.2, 0.25) is 5.91 Å². The van der Waals surface area contributed by atoms with Crippen molar-refractivity contribution in [3.63, 3.8) is 0 Å². The predicted molar refractivity (Wildman–Crippen MR) is 86.1 cm³/mol. The van der Waals surface area contributed by atoms with Crippen LogP contribution in [0.4, 0.5) is 11.4 Å². The Morgan fingerprint density at radius 3 is 2.64 bits per heavy atom. The van der Waals surface area contributed by atoms with Crippen LogP contribution in [0.5, 0.6) is 0 Å². The lowest BCUT2D eigenvalue weighted by molar-refractivity contribution is -0.384. The summed E-state index contributed by atoms with van der Waals surface area (Å²) in [4.78, 5) is 24.5. The Kier molecular flexibility index (Phi) is 5.37. The zero-order chi connectivity index (χ0) is 16.3. The number of nitro groups is 1. The van der Waals surface area contributed by atoms with Crippen LogP contribution in [0.25, 0.3) is 0 Å². The Morgan fingerprint density at radius 1 is 1.41 bits per heavy atom. The Morgan fingerprint density at radius 2 is 2.05 bits per heavy atom. The maximum Gasteiger partial charge on any atom is 0.271 e. The van der Waals surface area contributed by atoms with Gasteiger partial charge in [-0.25, -0.2) is 0 Å². The number of benzene rings is 1. The van der Waals surface area contributed by atoms with E-state index in [9.17, 15) is 14.9 Å². The van der Waals surface area contributed by atoms with Crippen LogP contribution >= 0.6 is 11.6 Å². The molecule has 120 valence electrons. The summed E-state index contributed by atoms with van der Waals surface area (Å²) in [7, 11) is 0. The van der Waals surface area contributed by atoms with Crippen LogP contribution in [-0.4, -0.2) is 35.4 Å². The molecule has 22 heavy (non-hydrogen) atoms. The number of likely N-dealkylation sites (tertiary alicyclic amines) is 1. The van der Waals surface area contributed by atoms with Gasteiger partial charge in [0.15, 0.2) is 0 Å². The number of carbonyl (C=O) groups excluding carboxylic acids is 1. The van der Waals surface area contributed by atoms with Gasteiger partial charge < -0.3 is 5.32 Å². The van der Waals surface area contributed by atoms with Crippen molar-refractivity contribution < 1.29 is 9.72 Å². The van der Waals surface area contributed by atoms with E-state index in [0.717, 1.165) is 13.1 Å². The molecule has 7 heteroatoms. The van der Waals surface area contributed by atoms with Gasteiger partial charge in [0, 0.05) is 25.2 Å². The third kappa shape index (κ3) is 4.42. The van der Waals surface area contributed by atoms with Crippen molar-refractivity contribution in [3.05, 3.63) is 33.3 Å². The Hall–Kier alpha value is -1.66. The monoisotopic (exact) mass is 325 g/mol. The second kappa shape index (κ2) is 7.07. The summed E-state index contributed by atoms with van der Waals surface area (Å²) in [5.41, 5.74) is 0.180. The molecular formula is C15H20ClN3O3. The van der Waals surface area contributed by atoms with E-state index in [1.165, 1.54) is 24.6 Å². The van der Waals surface area contributed by atoms with Gasteiger partial charge in [-0.15, -0.1) is 0 Å². The highest BCUT2D eigenvalue weighted by Crippen LogP contribution is 2.27. The molecule has 1 aliphatic heterocycles. The van der Waals surface area contributed by atoms with Gasteiger partial charge in [0.1, 0.15) is 0 Å². The number of non-ortho nitro benzene ring substituents is 1. The average molecular weight is 326 g/mol. The second-order valence-electron chi connectivity index (χ2n) is 6.11. The molecule has 0 bridgehead atoms. The maximum absolute atomic E-state index is 12.1. The van der Waals surface area contributed by atoms with Crippen LogP contribution in [0.1, 0.15) is 20.3 Å². The van der Waals surface area contributed by atoms with E-state index in [0.29, 0.717) is 16.9 Å². The van der Waals surface area contributed by atoms with Crippen molar-refractivity contribution in [1.29, 1.82) is 0 Å². The third-order valence-electron chi connectivity index (χ3n) is 3.75. The zero-order valence-corrected chi connectivity index (χ0v) is 13.5. The minimum atomic E-state index is -0.514. The van der Waals surface area contributed by atoms with E-state index in [1.54, 1.807) is 0 Å². The highest BCUT2D eigenvalue weighted by atomic mass is 35.5. The molecule has 1 amide bonds. The maximum atomic E-state index is 12.1. The van der Waals surface area contributed by atoms with Gasteiger partial charge >= 0.3 is 0 Å². The molecule has 0 aromatic heterocycles. The van der Waals surface area contributed by atoms with E-state index in [2.05, 4.69) is 24.1 Å². The summed E-state index contributed by atoms with van der Waals surface area (Å²) in [5.74, 6) is 0.930. The number of hydrogen-bond donors (Lipinski definition) is 1. The summed E-state index contributed by atoms with van der Waals surface area (Å²) in [6, 6.07) is 4.01. The quantitative estimate of drug-likeness (QED) is 0.681. The summed E-state index contributed by atoms with van der Waals surface area (Å²) in [6.45, 7) is 6.41. The van der Waals surface area contributed by atoms with E-state index in [-0.39, 0.29) is 23.8 Å². The highest BCUT2D eigenvalue weighted by molar-refractivity contribution is 6.33. The standard InChI is InChI=1S/C15H20ClN3O3/c1-10-5-11(2)8-18(7-10)9-15(20)17-14-6-12(19(21)22)3-4-13(14)16/h3-4,6,10-11H,5,7-9H2,1-2H3,(H,17,20). The number of rotatable bonds is 4. The van der Waals surface area contributed by atoms with Crippen LogP contribution in [0.3, 0.4) is 0 Å². The van der Waals surface area contributed by atoms with Crippen molar-refractivity contribution in [1.82, 2.24) is 4.90 Å². The molecule has 0 saturated carbocycles. The number of nitro benzene ring substituents is 1. The van der Waals surface area contributed by atoms with Gasteiger partial charge in [-0.2, -0.15) is 0 Å². The highest BCUT2D eigenvalue weighted by Gasteiger charge is 2.23. The van der Waals surface area contributed by atoms with E-state index in [1.807, 2.05) is 0 Å². The van der Waals surface area contributed by atoms with Gasteiger partial charge in [0.05, 0.1) is 22.2 Å². The number of anilines is 1. The van der Waals surface area contributed by atoms with E-state index < -0.39 is 4.92 Å². The molecule has 1 aromatic rings. The molecule has 1 aliphatic rings. The number of piperidine rings is 1. The first-order valence-corrected chi connectivity index (χ1v) is 7.69. The number of nitrogens with zero attached hydrogens (tertiary/aromatic N) is 2. The second-order valence-corrected chi connectivity index (χ2v) is 6.52. The average Bonchev–Trinajstić information content (AvgIpc) is 2.39. The van der Waals surface area contributed by atoms with Gasteiger partial charge in [-0.1, -0.05) is 25.4 Å². The number of amides is 1. The van der Waals surface area contributed by atoms with Crippen molar-refractivity contribution in [2.24, 2.45) is 11.8 Å². The van der Waals surface area contributed by atoms with Crippen molar-refractivity contribution in [2.45, 2.75) is 20.3 Å². The predicted octanol–water partition coefficient (Wildman–Crippen LogP) is 3.16. The van der Waals surface area contributed by atoms with Gasteiger partial charge in [-0.3, -0.25) is 19.8 Å². The molecule has 0 radical (unpaired) electrons. The van der Waals surface area contributed by atoms with Crippen LogP contribution in [-0.2, 0) is 4.79 Å². The molecule has 0 aliphatic carbocycles. The van der Waals surface area contributed by atoms with Crippen molar-refractivity contribution in [2.75, 3.05) is 25.0 Å². The molecule has 2 unspecified atom stereocenters. The molecule has 1 N–H and O–H groups in total. The molecule has 1 saturated heterocycles. The Balaban J connectivity index is 2.00. The lowest BCUT2D eigenvalue weighted by atomic mass is 9.92. The molecule has 0 spiro atoms. The van der Waals surface area contributed by atoms with Crippen molar-refractivity contribution in [3.8, 4) is 0 Å². The fraction of sp³-hybridized carbons (Fsp3) is 0.533. The minimum absolute atomic E-state index is 0.0973. The van der Waals surface area contributed by atoms with Crippen LogP contribution in [0, 0.1) is 22.0 Å².